The molecule has 0 radical (unpaired) electrons. The SMILES string of the molecule is O=C1OC2(CCCCC2)CN1Cc1ccc(-c2ccccc2F)cc1. The lowest BCUT2D eigenvalue weighted by Gasteiger charge is -2.30. The average molecular weight is 339 g/mol. The van der Waals surface area contributed by atoms with E-state index in [0.717, 1.165) is 36.8 Å². The predicted octanol–water partition coefficient (Wildman–Crippen LogP) is 5.15. The Balaban J connectivity index is 1.46. The Bertz CT molecular complexity index is 766. The Hall–Kier alpha value is -2.36. The van der Waals surface area contributed by atoms with Gasteiger partial charge in [0.25, 0.3) is 0 Å². The van der Waals surface area contributed by atoms with Crippen molar-refractivity contribution in [3.63, 3.8) is 0 Å². The van der Waals surface area contributed by atoms with E-state index in [4.69, 9.17) is 4.74 Å². The summed E-state index contributed by atoms with van der Waals surface area (Å²) in [5.74, 6) is -0.224. The van der Waals surface area contributed by atoms with E-state index in [1.54, 1.807) is 17.0 Å². The molecule has 2 fully saturated rings. The minimum atomic E-state index is -0.261. The molecule has 2 aromatic carbocycles. The summed E-state index contributed by atoms with van der Waals surface area (Å²) in [7, 11) is 0. The zero-order valence-electron chi connectivity index (χ0n) is 14.2. The van der Waals surface area contributed by atoms with Gasteiger partial charge in [-0.3, -0.25) is 4.90 Å². The van der Waals surface area contributed by atoms with Crippen LogP contribution in [0.5, 0.6) is 0 Å². The average Bonchev–Trinajstić information content (AvgIpc) is 2.91. The first-order chi connectivity index (χ1) is 12.2. The fraction of sp³-hybridized carbons (Fsp3) is 0.381. The molecule has 0 bridgehead atoms. The fourth-order valence-electron chi connectivity index (χ4n) is 3.98. The van der Waals surface area contributed by atoms with Crippen molar-refractivity contribution in [1.29, 1.82) is 0 Å². The van der Waals surface area contributed by atoms with E-state index in [1.807, 2.05) is 30.3 Å². The molecule has 1 aliphatic carbocycles. The molecule has 4 rings (SSSR count). The van der Waals surface area contributed by atoms with Gasteiger partial charge in [0.2, 0.25) is 0 Å². The van der Waals surface area contributed by atoms with E-state index in [1.165, 1.54) is 12.5 Å². The molecule has 0 atom stereocenters. The van der Waals surface area contributed by atoms with Crippen LogP contribution in [-0.2, 0) is 11.3 Å². The van der Waals surface area contributed by atoms with Crippen molar-refractivity contribution in [2.75, 3.05) is 6.54 Å². The molecule has 1 amide bonds. The largest absolute Gasteiger partial charge is 0.441 e. The van der Waals surface area contributed by atoms with Crippen LogP contribution in [-0.4, -0.2) is 23.1 Å². The number of hydrogen-bond acceptors (Lipinski definition) is 2. The van der Waals surface area contributed by atoms with Gasteiger partial charge in [0, 0.05) is 12.1 Å². The lowest BCUT2D eigenvalue weighted by molar-refractivity contribution is 0.0260. The number of nitrogens with zero attached hydrogens (tertiary/aromatic N) is 1. The second-order valence-corrected chi connectivity index (χ2v) is 7.14. The van der Waals surface area contributed by atoms with Gasteiger partial charge < -0.3 is 4.74 Å². The third-order valence-corrected chi connectivity index (χ3v) is 5.32. The molecular weight excluding hydrogens is 317 g/mol. The summed E-state index contributed by atoms with van der Waals surface area (Å²) in [6, 6.07) is 14.5. The van der Waals surface area contributed by atoms with Gasteiger partial charge >= 0.3 is 6.09 Å². The van der Waals surface area contributed by atoms with Crippen molar-refractivity contribution < 1.29 is 13.9 Å². The van der Waals surface area contributed by atoms with Crippen molar-refractivity contribution >= 4 is 6.09 Å². The molecule has 130 valence electrons. The molecule has 0 unspecified atom stereocenters. The number of benzene rings is 2. The second-order valence-electron chi connectivity index (χ2n) is 7.14. The normalized spacial score (nSPS) is 19.2. The summed E-state index contributed by atoms with van der Waals surface area (Å²) in [6.07, 6.45) is 5.25. The van der Waals surface area contributed by atoms with E-state index in [-0.39, 0.29) is 17.5 Å². The molecule has 1 saturated heterocycles. The summed E-state index contributed by atoms with van der Waals surface area (Å²) >= 11 is 0. The maximum atomic E-state index is 13.9. The quantitative estimate of drug-likeness (QED) is 0.774. The minimum absolute atomic E-state index is 0.208. The van der Waals surface area contributed by atoms with Gasteiger partial charge in [-0.1, -0.05) is 48.9 Å². The standard InChI is InChI=1S/C21H22FNO2/c22-19-7-3-2-6-18(19)17-10-8-16(9-11-17)14-23-15-21(25-20(23)24)12-4-1-5-13-21/h2-3,6-11H,1,4-5,12-15H2. The smallest absolute Gasteiger partial charge is 0.410 e. The van der Waals surface area contributed by atoms with Crippen molar-refractivity contribution in [1.82, 2.24) is 4.90 Å². The topological polar surface area (TPSA) is 29.5 Å². The second kappa shape index (κ2) is 6.51. The molecule has 25 heavy (non-hydrogen) atoms. The van der Waals surface area contributed by atoms with Crippen LogP contribution in [0.3, 0.4) is 0 Å². The van der Waals surface area contributed by atoms with Gasteiger partial charge in [0.1, 0.15) is 11.4 Å². The van der Waals surface area contributed by atoms with E-state index in [2.05, 4.69) is 0 Å². The molecule has 1 heterocycles. The van der Waals surface area contributed by atoms with E-state index < -0.39 is 0 Å². The Morgan fingerprint density at radius 3 is 2.44 bits per heavy atom. The fourth-order valence-corrected chi connectivity index (χ4v) is 3.98. The Kier molecular flexibility index (Phi) is 4.20. The summed E-state index contributed by atoms with van der Waals surface area (Å²) < 4.78 is 19.6. The lowest BCUT2D eigenvalue weighted by Crippen LogP contribution is -2.36. The number of amides is 1. The highest BCUT2D eigenvalue weighted by atomic mass is 19.1. The number of halogens is 1. The zero-order valence-corrected chi connectivity index (χ0v) is 14.2. The van der Waals surface area contributed by atoms with E-state index >= 15 is 0 Å². The summed E-state index contributed by atoms with van der Waals surface area (Å²) in [5.41, 5.74) is 2.21. The van der Waals surface area contributed by atoms with Crippen molar-refractivity contribution in [3.8, 4) is 11.1 Å². The molecule has 3 nitrogen and oxygen atoms in total. The zero-order chi connectivity index (χ0) is 17.3. The first-order valence-electron chi connectivity index (χ1n) is 8.97. The molecule has 0 aromatic heterocycles. The molecule has 2 aromatic rings. The van der Waals surface area contributed by atoms with E-state index in [0.29, 0.717) is 18.7 Å². The highest BCUT2D eigenvalue weighted by Crippen LogP contribution is 2.37. The van der Waals surface area contributed by atoms with Crippen LogP contribution < -0.4 is 0 Å². The van der Waals surface area contributed by atoms with Crippen LogP contribution in [0.25, 0.3) is 11.1 Å². The van der Waals surface area contributed by atoms with Crippen LogP contribution in [0, 0.1) is 5.82 Å². The molecule has 0 N–H and O–H groups in total. The van der Waals surface area contributed by atoms with Crippen molar-refractivity contribution in [2.24, 2.45) is 0 Å². The highest BCUT2D eigenvalue weighted by Gasteiger charge is 2.45. The first-order valence-corrected chi connectivity index (χ1v) is 8.97. The van der Waals surface area contributed by atoms with Crippen molar-refractivity contribution in [2.45, 2.75) is 44.2 Å². The molecule has 1 spiro atoms. The predicted molar refractivity (Wildman–Crippen MR) is 94.5 cm³/mol. The Morgan fingerprint density at radius 1 is 1.00 bits per heavy atom. The Labute approximate surface area is 147 Å². The van der Waals surface area contributed by atoms with E-state index in [9.17, 15) is 9.18 Å². The van der Waals surface area contributed by atoms with Gasteiger partial charge in [0.15, 0.2) is 0 Å². The van der Waals surface area contributed by atoms with Gasteiger partial charge in [0.05, 0.1) is 6.54 Å². The van der Waals surface area contributed by atoms with Crippen LogP contribution >= 0.6 is 0 Å². The van der Waals surface area contributed by atoms with Crippen LogP contribution in [0.15, 0.2) is 48.5 Å². The van der Waals surface area contributed by atoms with Crippen LogP contribution in [0.1, 0.15) is 37.7 Å². The number of carbonyl (C=O) groups is 1. The van der Waals surface area contributed by atoms with Gasteiger partial charge in [-0.15, -0.1) is 0 Å². The minimum Gasteiger partial charge on any atom is -0.441 e. The van der Waals surface area contributed by atoms with Gasteiger partial charge in [-0.25, -0.2) is 9.18 Å². The summed E-state index contributed by atoms with van der Waals surface area (Å²) in [5, 5.41) is 0. The maximum Gasteiger partial charge on any atom is 0.410 e. The monoisotopic (exact) mass is 339 g/mol. The maximum absolute atomic E-state index is 13.9. The summed E-state index contributed by atoms with van der Waals surface area (Å²) in [4.78, 5) is 14.0. The lowest BCUT2D eigenvalue weighted by atomic mass is 9.85. The highest BCUT2D eigenvalue weighted by molar-refractivity contribution is 5.71. The molecule has 1 saturated carbocycles. The molecule has 2 aliphatic rings. The molecule has 4 heteroatoms. The Morgan fingerprint density at radius 2 is 1.72 bits per heavy atom. The number of ether oxygens (including phenoxy) is 1. The third kappa shape index (κ3) is 3.26. The number of hydrogen-bond donors (Lipinski definition) is 0. The molecule has 1 aliphatic heterocycles. The first kappa shape index (κ1) is 16.1. The number of rotatable bonds is 3. The van der Waals surface area contributed by atoms with Crippen molar-refractivity contribution in [3.05, 3.63) is 59.9 Å². The number of carbonyl (C=O) groups excluding carboxylic acids is 1. The van der Waals surface area contributed by atoms with Crippen LogP contribution in [0.4, 0.5) is 9.18 Å². The molecular formula is C21H22FNO2. The van der Waals surface area contributed by atoms with Crippen LogP contribution in [0.2, 0.25) is 0 Å². The third-order valence-electron chi connectivity index (χ3n) is 5.32. The summed E-state index contributed by atoms with van der Waals surface area (Å²) in [6.45, 7) is 1.22. The van der Waals surface area contributed by atoms with Gasteiger partial charge in [-0.2, -0.15) is 0 Å². The van der Waals surface area contributed by atoms with Gasteiger partial charge in [-0.05, 0) is 42.9 Å².